The van der Waals surface area contributed by atoms with Gasteiger partial charge in [-0.15, -0.1) is 0 Å². The lowest BCUT2D eigenvalue weighted by Gasteiger charge is -2.14. The number of nitriles is 1. The molecule has 92 valence electrons. The third-order valence-corrected chi connectivity index (χ3v) is 3.80. The van der Waals surface area contributed by atoms with E-state index in [1.54, 1.807) is 11.8 Å². The molecule has 2 rings (SSSR count). The van der Waals surface area contributed by atoms with Gasteiger partial charge in [-0.3, -0.25) is 0 Å². The molecule has 0 aromatic carbocycles. The highest BCUT2D eigenvalue weighted by Gasteiger charge is 2.26. The molecule has 3 nitrogen and oxygen atoms in total. The molecule has 1 aliphatic rings. The second-order valence-electron chi connectivity index (χ2n) is 4.45. The summed E-state index contributed by atoms with van der Waals surface area (Å²) in [6, 6.07) is 6.78. The summed E-state index contributed by atoms with van der Waals surface area (Å²) in [6.45, 7) is 0.733. The summed E-state index contributed by atoms with van der Waals surface area (Å²) in [5, 5.41) is 12.4. The molecule has 1 N–H and O–H groups in total. The molecule has 1 fully saturated rings. The van der Waals surface area contributed by atoms with Crippen molar-refractivity contribution < 1.29 is 4.42 Å². The number of furan rings is 1. The van der Waals surface area contributed by atoms with Crippen molar-refractivity contribution >= 4 is 11.8 Å². The van der Waals surface area contributed by atoms with Gasteiger partial charge < -0.3 is 9.73 Å². The van der Waals surface area contributed by atoms with Crippen molar-refractivity contribution in [1.29, 1.82) is 5.26 Å². The molecule has 0 radical (unpaired) electrons. The van der Waals surface area contributed by atoms with E-state index in [4.69, 9.17) is 9.68 Å². The normalized spacial score (nSPS) is 23.8. The van der Waals surface area contributed by atoms with Crippen molar-refractivity contribution in [3.05, 3.63) is 23.7 Å². The summed E-state index contributed by atoms with van der Waals surface area (Å²) in [5.74, 6) is 3.09. The first-order chi connectivity index (χ1) is 8.33. The van der Waals surface area contributed by atoms with E-state index in [1.165, 1.54) is 0 Å². The first-order valence-electron chi connectivity index (χ1n) is 6.03. The molecule has 2 atom stereocenters. The van der Waals surface area contributed by atoms with Gasteiger partial charge in [0.1, 0.15) is 11.5 Å². The van der Waals surface area contributed by atoms with E-state index in [9.17, 15) is 0 Å². The second kappa shape index (κ2) is 6.13. The zero-order valence-corrected chi connectivity index (χ0v) is 10.9. The molecule has 1 heterocycles. The van der Waals surface area contributed by atoms with Gasteiger partial charge in [0, 0.05) is 6.04 Å². The van der Waals surface area contributed by atoms with Gasteiger partial charge in [0.25, 0.3) is 0 Å². The minimum atomic E-state index is 0.177. The summed E-state index contributed by atoms with van der Waals surface area (Å²) in [4.78, 5) is 0. The van der Waals surface area contributed by atoms with Gasteiger partial charge in [-0.1, -0.05) is 6.42 Å². The molecular formula is C13H18N2OS. The molecule has 0 spiro atoms. The Morgan fingerprint density at radius 2 is 2.29 bits per heavy atom. The predicted octanol–water partition coefficient (Wildman–Crippen LogP) is 2.92. The molecule has 1 saturated carbocycles. The number of hydrogen-bond donors (Lipinski definition) is 1. The summed E-state index contributed by atoms with van der Waals surface area (Å²) in [5.41, 5.74) is 0. The number of nitrogens with one attached hydrogen (secondary N) is 1. The molecule has 0 saturated heterocycles. The van der Waals surface area contributed by atoms with Crippen LogP contribution >= 0.6 is 11.8 Å². The maximum atomic E-state index is 8.99. The summed E-state index contributed by atoms with van der Waals surface area (Å²) in [6.07, 6.45) is 5.36. The Morgan fingerprint density at radius 3 is 3.06 bits per heavy atom. The minimum Gasteiger partial charge on any atom is -0.464 e. The summed E-state index contributed by atoms with van der Waals surface area (Å²) >= 11 is 1.76. The van der Waals surface area contributed by atoms with Gasteiger partial charge in [0.2, 0.25) is 0 Å². The van der Waals surface area contributed by atoms with Crippen LogP contribution in [0.1, 0.15) is 30.8 Å². The fourth-order valence-corrected chi connectivity index (χ4v) is 2.77. The standard InChI is InChI=1S/C13H18N2OS/c1-17-9-12-6-5-11(16-12)8-15-13-4-2-3-10(13)7-14/h5-6,10,13,15H,2-4,8-9H2,1H3. The predicted molar refractivity (Wildman–Crippen MR) is 69.5 cm³/mol. The van der Waals surface area contributed by atoms with Crippen molar-refractivity contribution in [2.24, 2.45) is 5.92 Å². The van der Waals surface area contributed by atoms with E-state index in [0.29, 0.717) is 6.04 Å². The maximum absolute atomic E-state index is 8.99. The number of nitrogens with zero attached hydrogens (tertiary/aromatic N) is 1. The van der Waals surface area contributed by atoms with Crippen molar-refractivity contribution in [2.75, 3.05) is 6.26 Å². The van der Waals surface area contributed by atoms with Crippen LogP contribution in [-0.4, -0.2) is 12.3 Å². The highest BCUT2D eigenvalue weighted by Crippen LogP contribution is 2.25. The minimum absolute atomic E-state index is 0.177. The average molecular weight is 250 g/mol. The fourth-order valence-electron chi connectivity index (χ4n) is 2.33. The van der Waals surface area contributed by atoms with Gasteiger partial charge in [-0.2, -0.15) is 17.0 Å². The van der Waals surface area contributed by atoms with Crippen LogP contribution in [0.25, 0.3) is 0 Å². The Labute approximate surface area is 107 Å². The quantitative estimate of drug-likeness (QED) is 0.873. The first kappa shape index (κ1) is 12.5. The first-order valence-corrected chi connectivity index (χ1v) is 7.42. The molecule has 1 aromatic heterocycles. The zero-order chi connectivity index (χ0) is 12.1. The second-order valence-corrected chi connectivity index (χ2v) is 5.32. The SMILES string of the molecule is CSCc1ccc(CNC2CCCC2C#N)o1. The van der Waals surface area contributed by atoms with Crippen LogP contribution in [0.2, 0.25) is 0 Å². The average Bonchev–Trinajstić information content (AvgIpc) is 2.95. The smallest absolute Gasteiger partial charge is 0.118 e. The van der Waals surface area contributed by atoms with E-state index in [-0.39, 0.29) is 5.92 Å². The van der Waals surface area contributed by atoms with Crippen LogP contribution in [0.4, 0.5) is 0 Å². The van der Waals surface area contributed by atoms with E-state index >= 15 is 0 Å². The highest BCUT2D eigenvalue weighted by molar-refractivity contribution is 7.97. The van der Waals surface area contributed by atoms with Crippen LogP contribution in [0.15, 0.2) is 16.5 Å². The van der Waals surface area contributed by atoms with Gasteiger partial charge in [0.05, 0.1) is 24.3 Å². The number of rotatable bonds is 5. The Hall–Kier alpha value is -0.920. The molecule has 17 heavy (non-hydrogen) atoms. The number of thioether (sulfide) groups is 1. The monoisotopic (exact) mass is 250 g/mol. The lowest BCUT2D eigenvalue weighted by atomic mass is 10.1. The van der Waals surface area contributed by atoms with Gasteiger partial charge in [-0.05, 0) is 31.2 Å². The molecule has 0 aliphatic heterocycles. The lowest BCUT2D eigenvalue weighted by Crippen LogP contribution is -2.31. The van der Waals surface area contributed by atoms with E-state index in [0.717, 1.165) is 43.1 Å². The fraction of sp³-hybridized carbons (Fsp3) is 0.615. The Bertz CT molecular complexity index is 396. The van der Waals surface area contributed by atoms with Gasteiger partial charge in [0.15, 0.2) is 0 Å². The van der Waals surface area contributed by atoms with E-state index < -0.39 is 0 Å². The van der Waals surface area contributed by atoms with Crippen molar-refractivity contribution in [3.8, 4) is 6.07 Å². The maximum Gasteiger partial charge on any atom is 0.118 e. The largest absolute Gasteiger partial charge is 0.464 e. The molecular weight excluding hydrogens is 232 g/mol. The van der Waals surface area contributed by atoms with Gasteiger partial charge in [-0.25, -0.2) is 0 Å². The zero-order valence-electron chi connectivity index (χ0n) is 10.1. The van der Waals surface area contributed by atoms with Crippen LogP contribution < -0.4 is 5.32 Å². The molecule has 4 heteroatoms. The van der Waals surface area contributed by atoms with Crippen LogP contribution in [0.3, 0.4) is 0 Å². The molecule has 0 amide bonds. The number of hydrogen-bond acceptors (Lipinski definition) is 4. The van der Waals surface area contributed by atoms with E-state index in [1.807, 2.05) is 12.1 Å². The lowest BCUT2D eigenvalue weighted by molar-refractivity contribution is 0.410. The van der Waals surface area contributed by atoms with Crippen molar-refractivity contribution in [1.82, 2.24) is 5.32 Å². The van der Waals surface area contributed by atoms with Crippen LogP contribution in [-0.2, 0) is 12.3 Å². The third-order valence-electron chi connectivity index (χ3n) is 3.22. The van der Waals surface area contributed by atoms with Crippen molar-refractivity contribution in [3.63, 3.8) is 0 Å². The Kier molecular flexibility index (Phi) is 4.52. The van der Waals surface area contributed by atoms with Crippen molar-refractivity contribution in [2.45, 2.75) is 37.6 Å². The summed E-state index contributed by atoms with van der Waals surface area (Å²) < 4.78 is 5.69. The third kappa shape index (κ3) is 3.27. The topological polar surface area (TPSA) is 49.0 Å². The highest BCUT2D eigenvalue weighted by atomic mass is 32.2. The molecule has 2 unspecified atom stereocenters. The summed E-state index contributed by atoms with van der Waals surface area (Å²) in [7, 11) is 0. The molecule has 1 aliphatic carbocycles. The van der Waals surface area contributed by atoms with Gasteiger partial charge >= 0.3 is 0 Å². The Morgan fingerprint density at radius 1 is 1.47 bits per heavy atom. The molecule has 0 bridgehead atoms. The molecule has 1 aromatic rings. The van der Waals surface area contributed by atoms with Crippen LogP contribution in [0.5, 0.6) is 0 Å². The Balaban J connectivity index is 1.83. The van der Waals surface area contributed by atoms with E-state index in [2.05, 4.69) is 17.6 Å². The van der Waals surface area contributed by atoms with Crippen LogP contribution in [0, 0.1) is 17.2 Å².